The standard InChI is InChI=1S/C58H32N4/c59-33-35-17-21-37(22-18-35)56-55-32-41(39-25-27-50-46-13-3-1-9-42(46)44-11-5-7-15-48(44)53(50)29-39)31-52(57(55)62-58(61-56)38-23-19-36(34-60)20-24-38)40-26-28-51-47-14-4-2-10-43(47)45-12-6-8-16-49(45)54(51)30-40/h1-32H. The number of fused-ring (bicyclic) bond motifs is 13. The van der Waals surface area contributed by atoms with Crippen LogP contribution in [0.25, 0.3) is 120 Å². The summed E-state index contributed by atoms with van der Waals surface area (Å²) in [6, 6.07) is 72.4. The van der Waals surface area contributed by atoms with Crippen molar-refractivity contribution in [2.24, 2.45) is 0 Å². The third-order valence-corrected chi connectivity index (χ3v) is 12.5. The lowest BCUT2D eigenvalue weighted by molar-refractivity contribution is 1.23. The highest BCUT2D eigenvalue weighted by atomic mass is 14.9. The van der Waals surface area contributed by atoms with Crippen molar-refractivity contribution in [2.75, 3.05) is 0 Å². The van der Waals surface area contributed by atoms with Gasteiger partial charge in [0.05, 0.1) is 34.5 Å². The van der Waals surface area contributed by atoms with Gasteiger partial charge in [-0.25, -0.2) is 9.97 Å². The zero-order valence-electron chi connectivity index (χ0n) is 33.3. The second kappa shape index (κ2) is 14.0. The largest absolute Gasteiger partial charge is 0.227 e. The van der Waals surface area contributed by atoms with E-state index >= 15 is 0 Å². The summed E-state index contributed by atoms with van der Waals surface area (Å²) in [6.07, 6.45) is 0. The molecule has 0 saturated heterocycles. The molecule has 0 N–H and O–H groups in total. The van der Waals surface area contributed by atoms with E-state index in [1.54, 1.807) is 12.1 Å². The Labute approximate surface area is 356 Å². The molecule has 0 fully saturated rings. The van der Waals surface area contributed by atoms with Crippen LogP contribution < -0.4 is 0 Å². The fraction of sp³-hybridized carbons (Fsp3) is 0. The number of benzene rings is 11. The lowest BCUT2D eigenvalue weighted by Crippen LogP contribution is -1.98. The van der Waals surface area contributed by atoms with Crippen LogP contribution in [0.3, 0.4) is 0 Å². The number of nitriles is 2. The van der Waals surface area contributed by atoms with Gasteiger partial charge in [0.2, 0.25) is 0 Å². The van der Waals surface area contributed by atoms with E-state index in [2.05, 4.69) is 158 Å². The average Bonchev–Trinajstić information content (AvgIpc) is 3.35. The van der Waals surface area contributed by atoms with Crippen LogP contribution in [0.2, 0.25) is 0 Å². The van der Waals surface area contributed by atoms with Crippen molar-refractivity contribution in [1.29, 1.82) is 10.5 Å². The van der Waals surface area contributed by atoms with Gasteiger partial charge < -0.3 is 0 Å². The number of rotatable bonds is 4. The summed E-state index contributed by atoms with van der Waals surface area (Å²) < 4.78 is 0. The van der Waals surface area contributed by atoms with Crippen LogP contribution >= 0.6 is 0 Å². The molecule has 0 aliphatic rings. The first-order chi connectivity index (χ1) is 30.6. The van der Waals surface area contributed by atoms with Gasteiger partial charge in [-0.2, -0.15) is 10.5 Å². The van der Waals surface area contributed by atoms with Crippen LogP contribution in [0.5, 0.6) is 0 Å². The quantitative estimate of drug-likeness (QED) is 0.167. The molecule has 12 rings (SSSR count). The minimum Gasteiger partial charge on any atom is -0.227 e. The number of hydrogen-bond acceptors (Lipinski definition) is 4. The maximum atomic E-state index is 9.73. The Morgan fingerprint density at radius 1 is 0.290 bits per heavy atom. The third-order valence-electron chi connectivity index (χ3n) is 12.5. The maximum absolute atomic E-state index is 9.73. The SMILES string of the molecule is N#Cc1ccc(-c2nc(-c3ccc(C#N)cc3)c3cc(-c4ccc5c6ccccc6c6ccccc6c5c4)cc(-c4ccc5c6ccccc6c6ccccc6c5c4)c3n2)cc1. The third kappa shape index (κ3) is 5.52. The van der Waals surface area contributed by atoms with E-state index in [-0.39, 0.29) is 0 Å². The van der Waals surface area contributed by atoms with Crippen LogP contribution in [-0.2, 0) is 0 Å². The predicted molar refractivity (Wildman–Crippen MR) is 256 cm³/mol. The van der Waals surface area contributed by atoms with Crippen LogP contribution in [0.1, 0.15) is 11.1 Å². The van der Waals surface area contributed by atoms with Crippen molar-refractivity contribution >= 4 is 75.5 Å². The minimum atomic E-state index is 0.552. The first kappa shape index (κ1) is 35.3. The van der Waals surface area contributed by atoms with Crippen LogP contribution in [-0.4, -0.2) is 9.97 Å². The van der Waals surface area contributed by atoms with E-state index in [4.69, 9.17) is 9.97 Å². The summed E-state index contributed by atoms with van der Waals surface area (Å²) in [6.45, 7) is 0. The first-order valence-electron chi connectivity index (χ1n) is 20.7. The Hall–Kier alpha value is -8.70. The van der Waals surface area contributed by atoms with E-state index in [9.17, 15) is 10.5 Å². The summed E-state index contributed by atoms with van der Waals surface area (Å²) in [5.74, 6) is 0.552. The van der Waals surface area contributed by atoms with E-state index in [1.165, 1.54) is 64.6 Å². The highest BCUT2D eigenvalue weighted by Crippen LogP contribution is 2.43. The highest BCUT2D eigenvalue weighted by molar-refractivity contribution is 6.27. The molecule has 62 heavy (non-hydrogen) atoms. The molecule has 0 radical (unpaired) electrons. The monoisotopic (exact) mass is 784 g/mol. The number of nitrogens with zero attached hydrogens (tertiary/aromatic N) is 4. The molecular weight excluding hydrogens is 753 g/mol. The van der Waals surface area contributed by atoms with Crippen molar-refractivity contribution in [3.8, 4) is 57.0 Å². The summed E-state index contributed by atoms with van der Waals surface area (Å²) >= 11 is 0. The molecule has 0 bridgehead atoms. The smallest absolute Gasteiger partial charge is 0.160 e. The number of hydrogen-bond donors (Lipinski definition) is 0. The zero-order valence-corrected chi connectivity index (χ0v) is 33.3. The molecule has 11 aromatic carbocycles. The normalized spacial score (nSPS) is 11.5. The Morgan fingerprint density at radius 3 is 1.13 bits per heavy atom. The molecule has 0 unspecified atom stereocenters. The molecule has 0 saturated carbocycles. The summed E-state index contributed by atoms with van der Waals surface area (Å²) in [5, 5.41) is 34.8. The molecule has 0 aliphatic carbocycles. The molecule has 12 aromatic rings. The highest BCUT2D eigenvalue weighted by Gasteiger charge is 2.20. The van der Waals surface area contributed by atoms with E-state index in [0.717, 1.165) is 50.0 Å². The molecule has 0 atom stereocenters. The van der Waals surface area contributed by atoms with E-state index in [1.807, 2.05) is 36.4 Å². The Bertz CT molecular complexity index is 3860. The second-order valence-corrected chi connectivity index (χ2v) is 15.9. The maximum Gasteiger partial charge on any atom is 0.160 e. The average molecular weight is 785 g/mol. The molecule has 0 spiro atoms. The van der Waals surface area contributed by atoms with Crippen LogP contribution in [0.4, 0.5) is 0 Å². The molecule has 1 aromatic heterocycles. The van der Waals surface area contributed by atoms with Gasteiger partial charge >= 0.3 is 0 Å². The van der Waals surface area contributed by atoms with Crippen LogP contribution in [0.15, 0.2) is 194 Å². The Balaban J connectivity index is 1.19. The zero-order chi connectivity index (χ0) is 41.3. The fourth-order valence-corrected chi connectivity index (χ4v) is 9.53. The Morgan fingerprint density at radius 2 is 0.661 bits per heavy atom. The van der Waals surface area contributed by atoms with Gasteiger partial charge in [-0.3, -0.25) is 0 Å². The van der Waals surface area contributed by atoms with Gasteiger partial charge in [0.1, 0.15) is 0 Å². The predicted octanol–water partition coefficient (Wildman–Crippen LogP) is 15.0. The second-order valence-electron chi connectivity index (χ2n) is 15.9. The van der Waals surface area contributed by atoms with E-state index in [0.29, 0.717) is 17.0 Å². The lowest BCUT2D eigenvalue weighted by Gasteiger charge is -2.17. The van der Waals surface area contributed by atoms with Crippen molar-refractivity contribution in [2.45, 2.75) is 0 Å². The molecule has 284 valence electrons. The molecule has 4 nitrogen and oxygen atoms in total. The lowest BCUT2D eigenvalue weighted by atomic mass is 9.88. The van der Waals surface area contributed by atoms with Crippen LogP contribution in [0, 0.1) is 22.7 Å². The molecule has 1 heterocycles. The topological polar surface area (TPSA) is 73.4 Å². The van der Waals surface area contributed by atoms with Gasteiger partial charge in [-0.1, -0.05) is 133 Å². The van der Waals surface area contributed by atoms with Crippen molar-refractivity contribution in [3.05, 3.63) is 205 Å². The van der Waals surface area contributed by atoms with Gasteiger partial charge in [-0.05, 0) is 142 Å². The summed E-state index contributed by atoms with van der Waals surface area (Å²) in [4.78, 5) is 10.7. The van der Waals surface area contributed by atoms with Gasteiger partial charge in [0.15, 0.2) is 5.82 Å². The first-order valence-corrected chi connectivity index (χ1v) is 20.7. The fourth-order valence-electron chi connectivity index (χ4n) is 9.53. The van der Waals surface area contributed by atoms with Crippen molar-refractivity contribution < 1.29 is 0 Å². The van der Waals surface area contributed by atoms with Gasteiger partial charge in [0.25, 0.3) is 0 Å². The van der Waals surface area contributed by atoms with Gasteiger partial charge in [-0.15, -0.1) is 0 Å². The minimum absolute atomic E-state index is 0.552. The van der Waals surface area contributed by atoms with Gasteiger partial charge in [0, 0.05) is 22.1 Å². The molecular formula is C58H32N4. The Kier molecular flexibility index (Phi) is 7.94. The summed E-state index contributed by atoms with van der Waals surface area (Å²) in [7, 11) is 0. The molecule has 0 aliphatic heterocycles. The summed E-state index contributed by atoms with van der Waals surface area (Å²) in [5.41, 5.74) is 8.54. The molecule has 0 amide bonds. The number of aromatic nitrogens is 2. The van der Waals surface area contributed by atoms with E-state index < -0.39 is 0 Å². The van der Waals surface area contributed by atoms with Crippen molar-refractivity contribution in [3.63, 3.8) is 0 Å². The van der Waals surface area contributed by atoms with Crippen molar-refractivity contribution in [1.82, 2.24) is 9.97 Å². The molecule has 4 heteroatoms.